The van der Waals surface area contributed by atoms with Crippen LogP contribution in [0.1, 0.15) is 36.0 Å². The number of hydrogen-bond donors (Lipinski definition) is 2. The number of hydroxylamine groups is 2. The molecule has 34 heavy (non-hydrogen) atoms. The monoisotopic (exact) mass is 468 g/mol. The standard InChI is InChI=1S/C24H28N4O6/c1-28-20-11-17(6-7-19(20)27-34-28)33-24-18(3-2-8-25-24)23(31)26-12-16-9-15-5-4-14(16)10-21(15)32-13-22(29)30/h2-3,6-8,11,14-16,20-21H,4-5,9-10,12-13H2,1H3,(H,26,31)(H,29,30). The smallest absolute Gasteiger partial charge is 0.329 e. The molecule has 5 atom stereocenters. The minimum atomic E-state index is -0.934. The van der Waals surface area contributed by atoms with E-state index < -0.39 is 5.97 Å². The molecule has 6 rings (SSSR count). The normalized spacial score (nSPS) is 29.6. The molecule has 3 saturated carbocycles. The molecular weight excluding hydrogens is 440 g/mol. The van der Waals surface area contributed by atoms with Gasteiger partial charge in [0.15, 0.2) is 0 Å². The molecule has 2 heterocycles. The summed E-state index contributed by atoms with van der Waals surface area (Å²) in [6, 6.07) is 3.26. The molecule has 0 radical (unpaired) electrons. The summed E-state index contributed by atoms with van der Waals surface area (Å²) < 4.78 is 11.6. The third-order valence-electron chi connectivity index (χ3n) is 7.13. The van der Waals surface area contributed by atoms with Crippen molar-refractivity contribution in [2.75, 3.05) is 20.2 Å². The van der Waals surface area contributed by atoms with Gasteiger partial charge in [0.05, 0.1) is 6.10 Å². The number of allylic oxidation sites excluding steroid dienone is 1. The van der Waals surface area contributed by atoms with E-state index in [0.29, 0.717) is 35.6 Å². The summed E-state index contributed by atoms with van der Waals surface area (Å²) in [5.74, 6) is 0.764. The molecule has 0 aromatic carbocycles. The van der Waals surface area contributed by atoms with Crippen molar-refractivity contribution in [2.45, 2.75) is 37.8 Å². The van der Waals surface area contributed by atoms with E-state index in [9.17, 15) is 9.59 Å². The van der Waals surface area contributed by atoms with Gasteiger partial charge in [-0.1, -0.05) is 5.16 Å². The van der Waals surface area contributed by atoms with Crippen LogP contribution in [0.2, 0.25) is 0 Å². The molecule has 0 saturated heterocycles. The van der Waals surface area contributed by atoms with Crippen LogP contribution in [-0.2, 0) is 14.5 Å². The molecular formula is C24H28N4O6. The maximum atomic E-state index is 13.0. The highest BCUT2D eigenvalue weighted by Crippen LogP contribution is 2.46. The minimum Gasteiger partial charge on any atom is -0.480 e. The van der Waals surface area contributed by atoms with Crippen LogP contribution in [0.25, 0.3) is 0 Å². The second kappa shape index (κ2) is 9.55. The van der Waals surface area contributed by atoms with Gasteiger partial charge in [0.25, 0.3) is 5.91 Å². The van der Waals surface area contributed by atoms with Crippen LogP contribution in [0.5, 0.6) is 5.88 Å². The van der Waals surface area contributed by atoms with E-state index in [1.165, 1.54) is 0 Å². The highest BCUT2D eigenvalue weighted by Gasteiger charge is 2.42. The van der Waals surface area contributed by atoms with Gasteiger partial charge >= 0.3 is 5.97 Å². The van der Waals surface area contributed by atoms with E-state index in [1.54, 1.807) is 36.5 Å². The first-order valence-electron chi connectivity index (χ1n) is 11.6. The van der Waals surface area contributed by atoms with Crippen LogP contribution in [-0.4, -0.2) is 65.1 Å². The third kappa shape index (κ3) is 4.69. The van der Waals surface area contributed by atoms with Gasteiger partial charge in [-0.25, -0.2) is 9.78 Å². The first-order valence-corrected chi connectivity index (χ1v) is 11.6. The van der Waals surface area contributed by atoms with E-state index in [1.807, 2.05) is 12.2 Å². The molecule has 1 amide bonds. The Morgan fingerprint density at radius 3 is 2.91 bits per heavy atom. The van der Waals surface area contributed by atoms with E-state index >= 15 is 0 Å². The van der Waals surface area contributed by atoms with Crippen molar-refractivity contribution in [3.63, 3.8) is 0 Å². The fourth-order valence-corrected chi connectivity index (χ4v) is 5.38. The Labute approximate surface area is 197 Å². The van der Waals surface area contributed by atoms with Crippen LogP contribution in [0.15, 0.2) is 47.5 Å². The largest absolute Gasteiger partial charge is 0.480 e. The number of carbonyl (C=O) groups is 2. The average molecular weight is 469 g/mol. The molecule has 1 aromatic heterocycles. The molecule has 5 aliphatic rings. The first kappa shape index (κ1) is 22.5. The lowest BCUT2D eigenvalue weighted by molar-refractivity contribution is -0.150. The second-order valence-electron chi connectivity index (χ2n) is 9.23. The van der Waals surface area contributed by atoms with Crippen molar-refractivity contribution < 1.29 is 29.1 Å². The number of rotatable bonds is 8. The van der Waals surface area contributed by atoms with E-state index in [-0.39, 0.29) is 30.5 Å². The zero-order valence-corrected chi connectivity index (χ0v) is 18.9. The van der Waals surface area contributed by atoms with Gasteiger partial charge in [-0.2, -0.15) is 0 Å². The van der Waals surface area contributed by atoms with Crippen molar-refractivity contribution in [3.05, 3.63) is 47.9 Å². The maximum absolute atomic E-state index is 13.0. The fraction of sp³-hybridized carbons (Fsp3) is 0.500. The van der Waals surface area contributed by atoms with Crippen molar-refractivity contribution in [3.8, 4) is 5.88 Å². The number of fused-ring (bicyclic) bond motifs is 4. The predicted molar refractivity (Wildman–Crippen MR) is 121 cm³/mol. The molecule has 10 heteroatoms. The summed E-state index contributed by atoms with van der Waals surface area (Å²) >= 11 is 0. The molecule has 2 N–H and O–H groups in total. The SMILES string of the molecule is CN1ON=C2C=CC(Oc3ncccc3C(=O)NCC3CC4CCC3CC4OCC(=O)O)=CC21. The summed E-state index contributed by atoms with van der Waals surface area (Å²) in [6.07, 6.45) is 11.0. The average Bonchev–Trinajstić information content (AvgIpc) is 3.22. The van der Waals surface area contributed by atoms with Crippen molar-refractivity contribution in [1.82, 2.24) is 15.4 Å². The Balaban J connectivity index is 1.19. The molecule has 1 aromatic rings. The molecule has 0 spiro atoms. The van der Waals surface area contributed by atoms with E-state index in [2.05, 4.69) is 15.5 Å². The van der Waals surface area contributed by atoms with Gasteiger partial charge in [0, 0.05) is 19.8 Å². The van der Waals surface area contributed by atoms with Gasteiger partial charge in [-0.05, 0) is 73.8 Å². The van der Waals surface area contributed by atoms with Gasteiger partial charge in [-0.3, -0.25) is 9.73 Å². The number of likely N-dealkylation sites (N-methyl/N-ethyl adjacent to an activating group) is 1. The number of carbonyl (C=O) groups excluding carboxylic acids is 1. The third-order valence-corrected chi connectivity index (χ3v) is 7.13. The maximum Gasteiger partial charge on any atom is 0.329 e. The Morgan fingerprint density at radius 1 is 1.26 bits per heavy atom. The minimum absolute atomic E-state index is 0.00632. The first-order chi connectivity index (χ1) is 16.5. The second-order valence-corrected chi connectivity index (χ2v) is 9.23. The van der Waals surface area contributed by atoms with Crippen LogP contribution in [0, 0.1) is 17.8 Å². The lowest BCUT2D eigenvalue weighted by Gasteiger charge is -2.47. The Morgan fingerprint density at radius 2 is 2.12 bits per heavy atom. The summed E-state index contributed by atoms with van der Waals surface area (Å²) in [4.78, 5) is 33.3. The molecule has 1 aliphatic heterocycles. The number of aromatic nitrogens is 1. The van der Waals surface area contributed by atoms with E-state index in [0.717, 1.165) is 31.4 Å². The number of ether oxygens (including phenoxy) is 2. The Hall–Kier alpha value is -3.24. The summed E-state index contributed by atoms with van der Waals surface area (Å²) in [6.45, 7) is 0.315. The lowest BCUT2D eigenvalue weighted by Crippen LogP contribution is -2.46. The predicted octanol–water partition coefficient (Wildman–Crippen LogP) is 2.15. The highest BCUT2D eigenvalue weighted by molar-refractivity contribution is 6.02. The Bertz CT molecular complexity index is 1050. The number of aliphatic carboxylic acids is 1. The van der Waals surface area contributed by atoms with Crippen molar-refractivity contribution in [1.29, 1.82) is 0 Å². The van der Waals surface area contributed by atoms with Crippen molar-refractivity contribution >= 4 is 17.6 Å². The number of oxime groups is 1. The fourth-order valence-electron chi connectivity index (χ4n) is 5.38. The number of nitrogens with zero attached hydrogens (tertiary/aromatic N) is 3. The van der Waals surface area contributed by atoms with Gasteiger partial charge in [0.2, 0.25) is 5.88 Å². The highest BCUT2D eigenvalue weighted by atomic mass is 16.8. The summed E-state index contributed by atoms with van der Waals surface area (Å²) in [7, 11) is 1.78. The lowest BCUT2D eigenvalue weighted by atomic mass is 9.63. The quantitative estimate of drug-likeness (QED) is 0.595. The van der Waals surface area contributed by atoms with Gasteiger partial charge in [0.1, 0.15) is 29.7 Å². The zero-order valence-electron chi connectivity index (χ0n) is 18.9. The molecule has 3 fully saturated rings. The molecule has 2 bridgehead atoms. The summed E-state index contributed by atoms with van der Waals surface area (Å²) in [5.41, 5.74) is 1.15. The number of carboxylic acids is 1. The molecule has 5 unspecified atom stereocenters. The van der Waals surface area contributed by atoms with Crippen LogP contribution >= 0.6 is 0 Å². The number of nitrogens with one attached hydrogen (secondary N) is 1. The van der Waals surface area contributed by atoms with Crippen LogP contribution in [0.4, 0.5) is 0 Å². The molecule has 10 nitrogen and oxygen atoms in total. The Kier molecular flexibility index (Phi) is 6.34. The van der Waals surface area contributed by atoms with Crippen LogP contribution < -0.4 is 10.1 Å². The van der Waals surface area contributed by atoms with Gasteiger partial charge in [-0.15, -0.1) is 5.06 Å². The van der Waals surface area contributed by atoms with Crippen LogP contribution in [0.3, 0.4) is 0 Å². The zero-order chi connectivity index (χ0) is 23.7. The van der Waals surface area contributed by atoms with Gasteiger partial charge < -0.3 is 19.9 Å². The number of hydrogen-bond acceptors (Lipinski definition) is 8. The number of amides is 1. The molecule has 4 aliphatic carbocycles. The topological polar surface area (TPSA) is 123 Å². The number of carboxylic acid groups (broad SMARTS) is 1. The number of pyridine rings is 1. The van der Waals surface area contributed by atoms with Crippen molar-refractivity contribution in [2.24, 2.45) is 22.9 Å². The summed E-state index contributed by atoms with van der Waals surface area (Å²) in [5, 5.41) is 17.5. The molecule has 180 valence electrons. The van der Waals surface area contributed by atoms with E-state index in [4.69, 9.17) is 19.5 Å².